The fourth-order valence-corrected chi connectivity index (χ4v) is 3.75. The zero-order valence-corrected chi connectivity index (χ0v) is 15.2. The van der Waals surface area contributed by atoms with Crippen LogP contribution in [0.15, 0.2) is 40.8 Å². The minimum Gasteiger partial charge on any atom is -0.478 e. The molecular formula is C22H19NO3. The summed E-state index contributed by atoms with van der Waals surface area (Å²) in [5, 5.41) is 11.6. The summed E-state index contributed by atoms with van der Waals surface area (Å²) in [5.74, 6) is -0.446. The van der Waals surface area contributed by atoms with E-state index in [9.17, 15) is 9.90 Å². The van der Waals surface area contributed by atoms with Crippen molar-refractivity contribution < 1.29 is 14.3 Å². The van der Waals surface area contributed by atoms with Gasteiger partial charge in [-0.25, -0.2) is 9.78 Å². The summed E-state index contributed by atoms with van der Waals surface area (Å²) >= 11 is 0. The highest BCUT2D eigenvalue weighted by Gasteiger charge is 2.19. The minimum absolute atomic E-state index is 0.193. The molecule has 0 atom stereocenters. The molecule has 4 rings (SSSR count). The van der Waals surface area contributed by atoms with E-state index in [2.05, 4.69) is 50.9 Å². The molecule has 3 aromatic carbocycles. The van der Waals surface area contributed by atoms with E-state index in [1.54, 1.807) is 12.1 Å². The van der Waals surface area contributed by atoms with E-state index >= 15 is 0 Å². The molecule has 0 aliphatic rings. The SMILES string of the molecule is Cc1c(-c2nc3ccc(C(=O)O)cc3o2)c(C)c2cccc(C)c2c1C. The molecule has 0 saturated heterocycles. The van der Waals surface area contributed by atoms with Gasteiger partial charge in [0.05, 0.1) is 5.56 Å². The second kappa shape index (κ2) is 5.70. The zero-order chi connectivity index (χ0) is 18.6. The van der Waals surface area contributed by atoms with Gasteiger partial charge in [-0.3, -0.25) is 0 Å². The van der Waals surface area contributed by atoms with Crippen LogP contribution >= 0.6 is 0 Å². The van der Waals surface area contributed by atoms with Crippen molar-refractivity contribution in [1.29, 1.82) is 0 Å². The predicted octanol–water partition coefficient (Wildman–Crippen LogP) is 5.58. The van der Waals surface area contributed by atoms with Gasteiger partial charge >= 0.3 is 5.97 Å². The number of carbonyl (C=O) groups is 1. The number of aromatic nitrogens is 1. The topological polar surface area (TPSA) is 63.3 Å². The van der Waals surface area contributed by atoms with Gasteiger partial charge in [0.1, 0.15) is 5.52 Å². The fraction of sp³-hybridized carbons (Fsp3) is 0.182. The quantitative estimate of drug-likeness (QED) is 0.515. The van der Waals surface area contributed by atoms with Crippen molar-refractivity contribution in [3.63, 3.8) is 0 Å². The molecule has 1 N–H and O–H groups in total. The van der Waals surface area contributed by atoms with Crippen LogP contribution in [-0.4, -0.2) is 16.1 Å². The maximum atomic E-state index is 11.2. The van der Waals surface area contributed by atoms with E-state index in [4.69, 9.17) is 4.42 Å². The molecule has 0 saturated carbocycles. The Bertz CT molecular complexity index is 1200. The first-order valence-electron chi connectivity index (χ1n) is 8.52. The minimum atomic E-state index is -0.978. The molecule has 0 aliphatic heterocycles. The summed E-state index contributed by atoms with van der Waals surface area (Å²) in [6, 6.07) is 11.1. The molecule has 4 heteroatoms. The number of aromatic carboxylic acids is 1. The zero-order valence-electron chi connectivity index (χ0n) is 15.2. The van der Waals surface area contributed by atoms with Gasteiger partial charge in [0, 0.05) is 5.56 Å². The maximum Gasteiger partial charge on any atom is 0.335 e. The number of nitrogens with zero attached hydrogens (tertiary/aromatic N) is 1. The van der Waals surface area contributed by atoms with E-state index in [0.717, 1.165) is 16.7 Å². The highest BCUT2D eigenvalue weighted by Crippen LogP contribution is 2.38. The first kappa shape index (κ1) is 16.3. The third-order valence-electron chi connectivity index (χ3n) is 5.21. The summed E-state index contributed by atoms with van der Waals surface area (Å²) in [4.78, 5) is 15.8. The molecule has 26 heavy (non-hydrogen) atoms. The fourth-order valence-electron chi connectivity index (χ4n) is 3.75. The van der Waals surface area contributed by atoms with Gasteiger partial charge in [0.2, 0.25) is 5.89 Å². The number of aryl methyl sites for hydroxylation is 3. The Morgan fingerprint density at radius 2 is 1.77 bits per heavy atom. The lowest BCUT2D eigenvalue weighted by Gasteiger charge is -2.16. The number of rotatable bonds is 2. The van der Waals surface area contributed by atoms with Crippen LogP contribution in [0.3, 0.4) is 0 Å². The van der Waals surface area contributed by atoms with Crippen LogP contribution in [0.25, 0.3) is 33.3 Å². The predicted molar refractivity (Wildman–Crippen MR) is 103 cm³/mol. The van der Waals surface area contributed by atoms with E-state index in [0.29, 0.717) is 17.0 Å². The van der Waals surface area contributed by atoms with Crippen LogP contribution in [0, 0.1) is 27.7 Å². The van der Waals surface area contributed by atoms with Crippen LogP contribution < -0.4 is 0 Å². The maximum absolute atomic E-state index is 11.2. The standard InChI is InChI=1S/C22H19NO3/c1-11-6-5-7-16-14(4)20(13(3)12(2)19(11)16)21-23-17-9-8-15(22(24)25)10-18(17)26-21/h5-10H,1-4H3,(H,24,25). The Kier molecular flexibility index (Phi) is 3.58. The number of hydrogen-bond acceptors (Lipinski definition) is 3. The normalized spacial score (nSPS) is 11.4. The number of benzene rings is 3. The smallest absolute Gasteiger partial charge is 0.335 e. The van der Waals surface area contributed by atoms with Crippen molar-refractivity contribution in [2.75, 3.05) is 0 Å². The number of oxazole rings is 1. The van der Waals surface area contributed by atoms with Gasteiger partial charge < -0.3 is 9.52 Å². The third-order valence-corrected chi connectivity index (χ3v) is 5.21. The monoisotopic (exact) mass is 345 g/mol. The van der Waals surface area contributed by atoms with Crippen molar-refractivity contribution >= 4 is 27.8 Å². The molecule has 0 radical (unpaired) electrons. The summed E-state index contributed by atoms with van der Waals surface area (Å²) in [5.41, 5.74) is 7.04. The summed E-state index contributed by atoms with van der Waals surface area (Å²) in [6.45, 7) is 8.42. The number of hydrogen-bond donors (Lipinski definition) is 1. The summed E-state index contributed by atoms with van der Waals surface area (Å²) < 4.78 is 5.97. The molecule has 0 unspecified atom stereocenters. The highest BCUT2D eigenvalue weighted by atomic mass is 16.4. The van der Waals surface area contributed by atoms with E-state index in [-0.39, 0.29) is 5.56 Å². The lowest BCUT2D eigenvalue weighted by molar-refractivity contribution is 0.0697. The molecule has 0 fully saturated rings. The van der Waals surface area contributed by atoms with Gasteiger partial charge in [0.25, 0.3) is 0 Å². The molecular weight excluding hydrogens is 326 g/mol. The lowest BCUT2D eigenvalue weighted by Crippen LogP contribution is -1.96. The molecule has 0 bridgehead atoms. The van der Waals surface area contributed by atoms with Crippen molar-refractivity contribution in [3.05, 3.63) is 64.2 Å². The average molecular weight is 345 g/mol. The van der Waals surface area contributed by atoms with Crippen LogP contribution in [0.4, 0.5) is 0 Å². The van der Waals surface area contributed by atoms with Crippen molar-refractivity contribution in [2.45, 2.75) is 27.7 Å². The van der Waals surface area contributed by atoms with Crippen LogP contribution in [0.1, 0.15) is 32.6 Å². The van der Waals surface area contributed by atoms with Gasteiger partial charge in [-0.15, -0.1) is 0 Å². The van der Waals surface area contributed by atoms with Gasteiger partial charge in [-0.05, 0) is 78.9 Å². The second-order valence-electron chi connectivity index (χ2n) is 6.75. The first-order chi connectivity index (χ1) is 12.4. The van der Waals surface area contributed by atoms with Crippen LogP contribution in [0.2, 0.25) is 0 Å². The van der Waals surface area contributed by atoms with Gasteiger partial charge in [-0.1, -0.05) is 18.2 Å². The number of carboxylic acid groups (broad SMARTS) is 1. The lowest BCUT2D eigenvalue weighted by atomic mass is 9.89. The van der Waals surface area contributed by atoms with Gasteiger partial charge in [0.15, 0.2) is 5.58 Å². The number of fused-ring (bicyclic) bond motifs is 2. The Morgan fingerprint density at radius 1 is 1.00 bits per heavy atom. The van der Waals surface area contributed by atoms with E-state index in [1.165, 1.54) is 28.0 Å². The average Bonchev–Trinajstić information content (AvgIpc) is 3.02. The molecule has 4 aromatic rings. The van der Waals surface area contributed by atoms with Crippen molar-refractivity contribution in [3.8, 4) is 11.5 Å². The Labute approximate surface area is 151 Å². The molecule has 1 aromatic heterocycles. The summed E-state index contributed by atoms with van der Waals surface area (Å²) in [6.07, 6.45) is 0. The molecule has 0 aliphatic carbocycles. The van der Waals surface area contributed by atoms with Crippen LogP contribution in [-0.2, 0) is 0 Å². The molecule has 130 valence electrons. The van der Waals surface area contributed by atoms with Crippen LogP contribution in [0.5, 0.6) is 0 Å². The van der Waals surface area contributed by atoms with Crippen molar-refractivity contribution in [1.82, 2.24) is 4.98 Å². The van der Waals surface area contributed by atoms with E-state index in [1.807, 2.05) is 0 Å². The Hall–Kier alpha value is -3.14. The van der Waals surface area contributed by atoms with Gasteiger partial charge in [-0.2, -0.15) is 0 Å². The molecule has 0 spiro atoms. The molecule has 0 amide bonds. The molecule has 4 nitrogen and oxygen atoms in total. The van der Waals surface area contributed by atoms with Crippen molar-refractivity contribution in [2.24, 2.45) is 0 Å². The second-order valence-corrected chi connectivity index (χ2v) is 6.75. The largest absolute Gasteiger partial charge is 0.478 e. The first-order valence-corrected chi connectivity index (χ1v) is 8.52. The summed E-state index contributed by atoms with van der Waals surface area (Å²) in [7, 11) is 0. The number of carboxylic acids is 1. The highest BCUT2D eigenvalue weighted by molar-refractivity contribution is 5.97. The van der Waals surface area contributed by atoms with E-state index < -0.39 is 5.97 Å². The Morgan fingerprint density at radius 3 is 2.50 bits per heavy atom. The Balaban J connectivity index is 2.03. The third kappa shape index (κ3) is 2.30. The molecule has 1 heterocycles.